The maximum Gasteiger partial charge on any atom is 0.253 e. The van der Waals surface area contributed by atoms with E-state index in [-0.39, 0.29) is 0 Å². The predicted molar refractivity (Wildman–Crippen MR) is 110 cm³/mol. The molecule has 0 amide bonds. The van der Waals surface area contributed by atoms with E-state index in [2.05, 4.69) is 46.3 Å². The van der Waals surface area contributed by atoms with E-state index < -0.39 is 5.24 Å². The average Bonchev–Trinajstić information content (AvgIpc) is 3.06. The highest BCUT2D eigenvalue weighted by Gasteiger charge is 2.18. The van der Waals surface area contributed by atoms with Crippen LogP contribution in [-0.2, 0) is 12.8 Å². The van der Waals surface area contributed by atoms with Crippen molar-refractivity contribution < 1.29 is 4.79 Å². The third kappa shape index (κ3) is 2.38. The van der Waals surface area contributed by atoms with Crippen molar-refractivity contribution in [1.29, 1.82) is 0 Å². The van der Waals surface area contributed by atoms with Crippen LogP contribution in [0.15, 0.2) is 59.1 Å². The van der Waals surface area contributed by atoms with E-state index in [0.29, 0.717) is 5.56 Å². The summed E-state index contributed by atoms with van der Waals surface area (Å²) in [4.78, 5) is 16.9. The molecule has 1 heterocycles. The number of aryl methyl sites for hydroxylation is 2. The molecule has 4 aromatic rings. The van der Waals surface area contributed by atoms with E-state index in [1.165, 1.54) is 21.9 Å². The summed E-state index contributed by atoms with van der Waals surface area (Å²) < 4.78 is 0.893. The topological polar surface area (TPSA) is 30.0 Å². The molecule has 0 radical (unpaired) electrons. The van der Waals surface area contributed by atoms with Crippen LogP contribution < -0.4 is 0 Å². The van der Waals surface area contributed by atoms with Gasteiger partial charge in [0.2, 0.25) is 0 Å². The van der Waals surface area contributed by atoms with Crippen LogP contribution >= 0.6 is 27.5 Å². The summed E-state index contributed by atoms with van der Waals surface area (Å²) in [5.41, 5.74) is 5.83. The molecule has 4 heteroatoms. The number of halogens is 2. The minimum atomic E-state index is -0.470. The van der Waals surface area contributed by atoms with Crippen LogP contribution in [-0.4, -0.2) is 10.2 Å². The number of carbonyl (C=O) groups is 1. The van der Waals surface area contributed by atoms with Gasteiger partial charge in [0.05, 0.1) is 11.2 Å². The zero-order chi connectivity index (χ0) is 17.8. The van der Waals surface area contributed by atoms with Crippen LogP contribution in [0.2, 0.25) is 0 Å². The van der Waals surface area contributed by atoms with Crippen molar-refractivity contribution in [2.75, 3.05) is 0 Å². The smallest absolute Gasteiger partial charge is 0.253 e. The van der Waals surface area contributed by atoms with E-state index in [9.17, 15) is 4.79 Å². The Bertz CT molecular complexity index is 1220. The van der Waals surface area contributed by atoms with Gasteiger partial charge in [-0.05, 0) is 70.6 Å². The lowest BCUT2D eigenvalue weighted by molar-refractivity contribution is 0.108. The zero-order valence-electron chi connectivity index (χ0n) is 13.7. The number of rotatable bonds is 2. The van der Waals surface area contributed by atoms with Gasteiger partial charge in [0.25, 0.3) is 5.24 Å². The Morgan fingerprint density at radius 2 is 1.77 bits per heavy atom. The van der Waals surface area contributed by atoms with Gasteiger partial charge in [-0.15, -0.1) is 0 Å². The first-order valence-corrected chi connectivity index (χ1v) is 9.63. The van der Waals surface area contributed by atoms with Gasteiger partial charge in [0.15, 0.2) is 0 Å². The van der Waals surface area contributed by atoms with E-state index >= 15 is 0 Å². The quantitative estimate of drug-likeness (QED) is 0.355. The van der Waals surface area contributed by atoms with Gasteiger partial charge in [-0.25, -0.2) is 4.98 Å². The Hall–Kier alpha value is -2.23. The summed E-state index contributed by atoms with van der Waals surface area (Å²) in [6.07, 6.45) is 2.17. The fourth-order valence-electron chi connectivity index (χ4n) is 3.97. The van der Waals surface area contributed by atoms with Crippen molar-refractivity contribution in [3.05, 3.63) is 75.8 Å². The first-order chi connectivity index (χ1) is 12.6. The Morgan fingerprint density at radius 1 is 0.962 bits per heavy atom. The summed E-state index contributed by atoms with van der Waals surface area (Å²) in [5.74, 6) is 0. The highest BCUT2D eigenvalue weighted by atomic mass is 79.9. The van der Waals surface area contributed by atoms with Gasteiger partial charge in [0.1, 0.15) is 0 Å². The van der Waals surface area contributed by atoms with E-state index in [1.807, 2.05) is 24.3 Å². The first-order valence-electron chi connectivity index (χ1n) is 8.46. The standard InChI is InChI=1S/C22H13BrClNO/c23-14-7-9-19-17(10-14)18(22(24)26)11-20(25-19)15-8-6-13-5-4-12-2-1-3-16(15)21(12)13/h1-3,6-11H,4-5H2. The summed E-state index contributed by atoms with van der Waals surface area (Å²) in [5, 5.41) is 2.81. The Kier molecular flexibility index (Phi) is 3.63. The number of hydrogen-bond acceptors (Lipinski definition) is 2. The lowest BCUT2D eigenvalue weighted by Crippen LogP contribution is -1.96. The molecule has 0 atom stereocenters. The number of pyridine rings is 1. The van der Waals surface area contributed by atoms with Crippen LogP contribution in [0.1, 0.15) is 21.5 Å². The van der Waals surface area contributed by atoms with Gasteiger partial charge in [-0.3, -0.25) is 4.79 Å². The second-order valence-electron chi connectivity index (χ2n) is 6.60. The molecule has 0 saturated heterocycles. The molecule has 0 unspecified atom stereocenters. The van der Waals surface area contributed by atoms with Crippen molar-refractivity contribution in [2.24, 2.45) is 0 Å². The molecular weight excluding hydrogens is 410 g/mol. The molecule has 0 N–H and O–H groups in total. The monoisotopic (exact) mass is 421 g/mol. The number of carbonyl (C=O) groups excluding carboxylic acids is 1. The van der Waals surface area contributed by atoms with Crippen molar-refractivity contribution >= 4 is 54.4 Å². The van der Waals surface area contributed by atoms with Crippen LogP contribution in [0.5, 0.6) is 0 Å². The zero-order valence-corrected chi connectivity index (χ0v) is 16.1. The molecule has 0 saturated carbocycles. The van der Waals surface area contributed by atoms with Crippen molar-refractivity contribution in [3.8, 4) is 11.3 Å². The molecule has 1 aliphatic carbocycles. The number of benzene rings is 3. The molecule has 0 aliphatic heterocycles. The summed E-state index contributed by atoms with van der Waals surface area (Å²) in [7, 11) is 0. The number of hydrogen-bond donors (Lipinski definition) is 0. The Balaban J connectivity index is 1.85. The molecular formula is C22H13BrClNO. The highest BCUT2D eigenvalue weighted by Crippen LogP contribution is 2.37. The van der Waals surface area contributed by atoms with Crippen LogP contribution in [0.4, 0.5) is 0 Å². The third-order valence-corrected chi connectivity index (χ3v) is 5.83. The fourth-order valence-corrected chi connectivity index (χ4v) is 4.49. The second-order valence-corrected chi connectivity index (χ2v) is 7.86. The van der Waals surface area contributed by atoms with Gasteiger partial charge in [-0.2, -0.15) is 0 Å². The minimum absolute atomic E-state index is 0.470. The van der Waals surface area contributed by atoms with Gasteiger partial charge in [-0.1, -0.05) is 46.3 Å². The van der Waals surface area contributed by atoms with Crippen LogP contribution in [0.25, 0.3) is 32.9 Å². The molecule has 2 nitrogen and oxygen atoms in total. The minimum Gasteiger partial charge on any atom is -0.276 e. The highest BCUT2D eigenvalue weighted by molar-refractivity contribution is 9.10. The van der Waals surface area contributed by atoms with Crippen LogP contribution in [0, 0.1) is 0 Å². The van der Waals surface area contributed by atoms with Crippen molar-refractivity contribution in [3.63, 3.8) is 0 Å². The van der Waals surface area contributed by atoms with Crippen LogP contribution in [0.3, 0.4) is 0 Å². The number of aromatic nitrogens is 1. The molecule has 1 aromatic heterocycles. The molecule has 26 heavy (non-hydrogen) atoms. The van der Waals surface area contributed by atoms with Gasteiger partial charge >= 0.3 is 0 Å². The summed E-state index contributed by atoms with van der Waals surface area (Å²) in [6, 6.07) is 18.3. The fraction of sp³-hybridized carbons (Fsp3) is 0.0909. The lowest BCUT2D eigenvalue weighted by atomic mass is 9.96. The Labute approximate surface area is 163 Å². The molecule has 0 fully saturated rings. The third-order valence-electron chi connectivity index (χ3n) is 5.14. The predicted octanol–water partition coefficient (Wildman–Crippen LogP) is 6.30. The normalized spacial score (nSPS) is 12.8. The second kappa shape index (κ2) is 5.90. The van der Waals surface area contributed by atoms with E-state index in [4.69, 9.17) is 16.6 Å². The van der Waals surface area contributed by atoms with Gasteiger partial charge in [0, 0.05) is 21.0 Å². The molecule has 5 rings (SSSR count). The van der Waals surface area contributed by atoms with E-state index in [0.717, 1.165) is 39.5 Å². The SMILES string of the molecule is O=C(Cl)c1cc(-c2ccc3c4c(cccc24)CC3)nc2ccc(Br)cc12. The average molecular weight is 423 g/mol. The molecule has 3 aromatic carbocycles. The maximum atomic E-state index is 12.1. The van der Waals surface area contributed by atoms with Crippen molar-refractivity contribution in [1.82, 2.24) is 4.98 Å². The van der Waals surface area contributed by atoms with Crippen molar-refractivity contribution in [2.45, 2.75) is 12.8 Å². The Morgan fingerprint density at radius 3 is 2.58 bits per heavy atom. The summed E-state index contributed by atoms with van der Waals surface area (Å²) in [6.45, 7) is 0. The molecule has 0 bridgehead atoms. The lowest BCUT2D eigenvalue weighted by Gasteiger charge is -2.11. The number of fused-ring (bicyclic) bond motifs is 1. The first kappa shape index (κ1) is 16.0. The van der Waals surface area contributed by atoms with E-state index in [1.54, 1.807) is 0 Å². The number of nitrogens with zero attached hydrogens (tertiary/aromatic N) is 1. The summed E-state index contributed by atoms with van der Waals surface area (Å²) >= 11 is 9.34. The largest absolute Gasteiger partial charge is 0.276 e. The maximum absolute atomic E-state index is 12.1. The molecule has 1 aliphatic rings. The molecule has 126 valence electrons. The molecule has 0 spiro atoms. The van der Waals surface area contributed by atoms with Gasteiger partial charge < -0.3 is 0 Å².